The molecule has 0 fully saturated rings. The molecule has 2 aliphatic carbocycles. The summed E-state index contributed by atoms with van der Waals surface area (Å²) in [5.41, 5.74) is 6.74. The van der Waals surface area contributed by atoms with Crippen molar-refractivity contribution in [2.24, 2.45) is 10.8 Å². The number of para-hydroxylation sites is 1. The molecule has 0 aromatic heterocycles. The number of amides is 1. The average Bonchev–Trinajstić information content (AvgIpc) is 3.03. The van der Waals surface area contributed by atoms with Gasteiger partial charge >= 0.3 is 0 Å². The fourth-order valence-corrected chi connectivity index (χ4v) is 8.31. The van der Waals surface area contributed by atoms with E-state index < -0.39 is 5.92 Å². The fraction of sp³-hybridized carbons (Fsp3) is 0.405. The first-order valence-corrected chi connectivity index (χ1v) is 18.3. The second-order valence-electron chi connectivity index (χ2n) is 15.3. The summed E-state index contributed by atoms with van der Waals surface area (Å²) in [6.45, 7) is 13.3. The van der Waals surface area contributed by atoms with Crippen LogP contribution in [0.25, 0.3) is 0 Å². The van der Waals surface area contributed by atoms with Crippen LogP contribution in [-0.2, 0) is 20.8 Å². The van der Waals surface area contributed by atoms with Crippen LogP contribution in [0.15, 0.2) is 93.7 Å². The van der Waals surface area contributed by atoms with Crippen molar-refractivity contribution in [1.82, 2.24) is 4.90 Å². The van der Waals surface area contributed by atoms with Gasteiger partial charge in [-0.15, -0.1) is 0 Å². The lowest BCUT2D eigenvalue weighted by molar-refractivity contribution is -0.120. The molecule has 1 heterocycles. The van der Waals surface area contributed by atoms with Crippen LogP contribution in [0.4, 0.5) is 5.69 Å². The third kappa shape index (κ3) is 7.46. The Labute approximate surface area is 304 Å². The first-order valence-electron chi connectivity index (χ1n) is 17.6. The van der Waals surface area contributed by atoms with Gasteiger partial charge in [-0.2, -0.15) is 0 Å². The molecule has 0 radical (unpaired) electrons. The molecule has 0 bridgehead atoms. The average molecular weight is 740 g/mol. The van der Waals surface area contributed by atoms with Crippen molar-refractivity contribution in [3.63, 3.8) is 0 Å². The number of Topliss-reactive ketones (excluding diaryl/α,β-unsaturated/α-hetero) is 2. The smallest absolute Gasteiger partial charge is 0.262 e. The summed E-state index contributed by atoms with van der Waals surface area (Å²) in [5, 5.41) is 2.91. The molecule has 0 saturated heterocycles. The highest BCUT2D eigenvalue weighted by Gasteiger charge is 2.49. The van der Waals surface area contributed by atoms with Gasteiger partial charge in [0.2, 0.25) is 0 Å². The Balaban J connectivity index is 1.42. The van der Waals surface area contributed by atoms with Gasteiger partial charge in [-0.3, -0.25) is 14.4 Å². The van der Waals surface area contributed by atoms with E-state index in [4.69, 9.17) is 9.47 Å². The number of hydrogen-bond acceptors (Lipinski definition) is 6. The van der Waals surface area contributed by atoms with Crippen molar-refractivity contribution in [3.8, 4) is 11.5 Å². The topological polar surface area (TPSA) is 84.9 Å². The zero-order valence-corrected chi connectivity index (χ0v) is 31.5. The molecule has 1 N–H and O–H groups in total. The number of hydrogen-bond donors (Lipinski definition) is 1. The molecule has 262 valence electrons. The SMILES string of the molecule is CCOc1cc(C2C3=C(CC(C)(C)CC3=O)N(CCc3ccccc3)C3=C2C(=O)CC(C)(C)C3)cc(Br)c1OCC(=O)Nc1ccccc1C. The molecule has 3 aromatic carbocycles. The van der Waals surface area contributed by atoms with Crippen LogP contribution in [0.5, 0.6) is 11.5 Å². The summed E-state index contributed by atoms with van der Waals surface area (Å²) in [5.74, 6) is 0.176. The second-order valence-corrected chi connectivity index (χ2v) is 16.2. The summed E-state index contributed by atoms with van der Waals surface area (Å²) >= 11 is 3.72. The summed E-state index contributed by atoms with van der Waals surface area (Å²) in [4.78, 5) is 43.9. The Hall–Kier alpha value is -4.17. The molecule has 0 saturated carbocycles. The van der Waals surface area contributed by atoms with Gasteiger partial charge < -0.3 is 19.7 Å². The maximum absolute atomic E-state index is 14.3. The normalized spacial score (nSPS) is 18.5. The van der Waals surface area contributed by atoms with Crippen LogP contribution in [0.3, 0.4) is 0 Å². The van der Waals surface area contributed by atoms with Crippen molar-refractivity contribution >= 4 is 39.1 Å². The number of rotatable bonds is 10. The molecule has 8 heteroatoms. The number of halogens is 1. The van der Waals surface area contributed by atoms with Crippen LogP contribution in [0.2, 0.25) is 0 Å². The van der Waals surface area contributed by atoms with Gasteiger partial charge in [0.1, 0.15) is 0 Å². The summed E-state index contributed by atoms with van der Waals surface area (Å²) < 4.78 is 12.8. The molecule has 6 rings (SSSR count). The Morgan fingerprint density at radius 3 is 2.06 bits per heavy atom. The molecule has 50 heavy (non-hydrogen) atoms. The molecular weight excluding hydrogens is 692 g/mol. The van der Waals surface area contributed by atoms with Gasteiger partial charge in [0.15, 0.2) is 29.7 Å². The number of carbonyl (C=O) groups is 3. The van der Waals surface area contributed by atoms with Crippen molar-refractivity contribution < 1.29 is 23.9 Å². The third-order valence-corrected chi connectivity index (χ3v) is 10.5. The second kappa shape index (κ2) is 14.2. The number of nitrogens with one attached hydrogen (secondary N) is 1. The number of ether oxygens (including phenoxy) is 2. The minimum atomic E-state index is -0.533. The number of anilines is 1. The lowest BCUT2D eigenvalue weighted by Crippen LogP contribution is -2.45. The maximum Gasteiger partial charge on any atom is 0.262 e. The van der Waals surface area contributed by atoms with E-state index in [1.807, 2.05) is 56.3 Å². The van der Waals surface area contributed by atoms with Gasteiger partial charge in [-0.05, 0) is 94.8 Å². The van der Waals surface area contributed by atoms with Crippen molar-refractivity contribution in [2.45, 2.75) is 79.6 Å². The Morgan fingerprint density at radius 1 is 0.860 bits per heavy atom. The van der Waals surface area contributed by atoms with Crippen LogP contribution in [0.1, 0.15) is 82.9 Å². The number of ketones is 2. The lowest BCUT2D eigenvalue weighted by Gasteiger charge is -2.49. The van der Waals surface area contributed by atoms with Crippen LogP contribution in [0, 0.1) is 17.8 Å². The molecule has 7 nitrogen and oxygen atoms in total. The Kier molecular flexibility index (Phi) is 10.1. The van der Waals surface area contributed by atoms with E-state index >= 15 is 0 Å². The molecular formula is C42H47BrN2O5. The van der Waals surface area contributed by atoms with Gasteiger partial charge in [-0.25, -0.2) is 0 Å². The van der Waals surface area contributed by atoms with E-state index in [2.05, 4.69) is 78.1 Å². The van der Waals surface area contributed by atoms with E-state index in [1.54, 1.807) is 0 Å². The minimum absolute atomic E-state index is 0.0810. The first kappa shape index (κ1) is 35.6. The van der Waals surface area contributed by atoms with Crippen molar-refractivity contribution in [1.29, 1.82) is 0 Å². The highest BCUT2D eigenvalue weighted by Crippen LogP contribution is 2.55. The van der Waals surface area contributed by atoms with Crippen LogP contribution < -0.4 is 14.8 Å². The molecule has 3 aromatic rings. The quantitative estimate of drug-likeness (QED) is 0.223. The number of aryl methyl sites for hydroxylation is 1. The van der Waals surface area contributed by atoms with Crippen LogP contribution >= 0.6 is 15.9 Å². The largest absolute Gasteiger partial charge is 0.490 e. The van der Waals surface area contributed by atoms with E-state index in [1.165, 1.54) is 5.56 Å². The van der Waals surface area contributed by atoms with Gasteiger partial charge in [0.05, 0.1) is 11.1 Å². The Morgan fingerprint density at radius 2 is 1.46 bits per heavy atom. The predicted octanol–water partition coefficient (Wildman–Crippen LogP) is 9.10. The molecule has 0 unspecified atom stereocenters. The van der Waals surface area contributed by atoms with Crippen molar-refractivity contribution in [2.75, 3.05) is 25.1 Å². The van der Waals surface area contributed by atoms with Crippen molar-refractivity contribution in [3.05, 3.63) is 110 Å². The third-order valence-electron chi connectivity index (χ3n) is 9.92. The molecule has 0 atom stereocenters. The monoisotopic (exact) mass is 738 g/mol. The zero-order chi connectivity index (χ0) is 35.8. The number of benzene rings is 3. The van der Waals surface area contributed by atoms with E-state index in [0.29, 0.717) is 53.1 Å². The number of nitrogens with zero attached hydrogens (tertiary/aromatic N) is 1. The number of allylic oxidation sites excluding steroid dienone is 4. The summed E-state index contributed by atoms with van der Waals surface area (Å²) in [6.07, 6.45) is 3.09. The molecule has 1 aliphatic heterocycles. The molecule has 3 aliphatic rings. The maximum atomic E-state index is 14.3. The minimum Gasteiger partial charge on any atom is -0.490 e. The molecule has 1 amide bonds. The highest BCUT2D eigenvalue weighted by atomic mass is 79.9. The predicted molar refractivity (Wildman–Crippen MR) is 200 cm³/mol. The lowest BCUT2D eigenvalue weighted by atomic mass is 9.63. The van der Waals surface area contributed by atoms with E-state index in [9.17, 15) is 14.4 Å². The van der Waals surface area contributed by atoms with Gasteiger partial charge in [0.25, 0.3) is 5.91 Å². The first-order chi connectivity index (χ1) is 23.8. The summed E-state index contributed by atoms with van der Waals surface area (Å²) in [7, 11) is 0. The summed E-state index contributed by atoms with van der Waals surface area (Å²) in [6, 6.07) is 21.8. The standard InChI is InChI=1S/C42H47BrN2O5/c1-7-49-35-20-28(19-29(43)40(35)50-25-36(48)44-30-16-12-11-13-26(30)2)37-38-31(21-41(3,4)23-33(38)46)45(18-17-27-14-9-8-10-15-27)32-22-42(5,6)24-34(47)39(32)37/h8-16,19-20,37H,7,17-18,21-25H2,1-6H3,(H,44,48). The number of carbonyl (C=O) groups excluding carboxylic acids is 3. The van der Waals surface area contributed by atoms with Gasteiger partial charge in [0, 0.05) is 53.5 Å². The fourth-order valence-electron chi connectivity index (χ4n) is 7.73. The highest BCUT2D eigenvalue weighted by molar-refractivity contribution is 9.10. The molecule has 0 spiro atoms. The van der Waals surface area contributed by atoms with Crippen LogP contribution in [-0.4, -0.2) is 42.1 Å². The zero-order valence-electron chi connectivity index (χ0n) is 30.0. The van der Waals surface area contributed by atoms with E-state index in [-0.39, 0.29) is 34.9 Å². The van der Waals surface area contributed by atoms with Gasteiger partial charge in [-0.1, -0.05) is 76.2 Å². The van der Waals surface area contributed by atoms with E-state index in [0.717, 1.165) is 47.5 Å². The Bertz CT molecular complexity index is 1840.